The van der Waals surface area contributed by atoms with Crippen LogP contribution in [-0.4, -0.2) is 16.3 Å². The summed E-state index contributed by atoms with van der Waals surface area (Å²) in [7, 11) is 0. The summed E-state index contributed by atoms with van der Waals surface area (Å²) in [5.41, 5.74) is 3.56. The van der Waals surface area contributed by atoms with Crippen molar-refractivity contribution in [3.63, 3.8) is 0 Å². The van der Waals surface area contributed by atoms with Crippen LogP contribution in [0.5, 0.6) is 0 Å². The Balaban J connectivity index is 2.27. The summed E-state index contributed by atoms with van der Waals surface area (Å²) in [4.78, 5) is 0. The van der Waals surface area contributed by atoms with E-state index in [4.69, 9.17) is 11.6 Å². The zero-order valence-electron chi connectivity index (χ0n) is 12.7. The lowest BCUT2D eigenvalue weighted by Gasteiger charge is -2.19. The number of hydrogen-bond acceptors (Lipinski definition) is 2. The molecule has 21 heavy (non-hydrogen) atoms. The molecule has 0 aliphatic carbocycles. The van der Waals surface area contributed by atoms with Crippen molar-refractivity contribution in [1.82, 2.24) is 15.1 Å². The van der Waals surface area contributed by atoms with E-state index in [2.05, 4.69) is 75.8 Å². The maximum absolute atomic E-state index is 6.27. The van der Waals surface area contributed by atoms with Gasteiger partial charge < -0.3 is 5.32 Å². The second-order valence-electron chi connectivity index (χ2n) is 5.08. The Morgan fingerprint density at radius 2 is 2.10 bits per heavy atom. The fourth-order valence-electron chi connectivity index (χ4n) is 2.53. The van der Waals surface area contributed by atoms with E-state index >= 15 is 0 Å². The van der Waals surface area contributed by atoms with Gasteiger partial charge in [-0.25, -0.2) is 0 Å². The number of rotatable bonds is 6. The number of aryl methyl sites for hydroxylation is 2. The van der Waals surface area contributed by atoms with E-state index in [-0.39, 0.29) is 6.04 Å². The van der Waals surface area contributed by atoms with E-state index in [1.807, 2.05) is 6.92 Å². The maximum atomic E-state index is 6.27. The molecular weight excluding hydrogens is 397 g/mol. The largest absolute Gasteiger partial charge is 0.310 e. The summed E-state index contributed by atoms with van der Waals surface area (Å²) < 4.78 is 3.16. The lowest BCUT2D eigenvalue weighted by molar-refractivity contribution is 0.516. The van der Waals surface area contributed by atoms with Crippen molar-refractivity contribution in [3.8, 4) is 0 Å². The van der Waals surface area contributed by atoms with Crippen LogP contribution in [0.3, 0.4) is 0 Å². The maximum Gasteiger partial charge on any atom is 0.0596 e. The van der Waals surface area contributed by atoms with Crippen LogP contribution in [0.1, 0.15) is 36.8 Å². The third kappa shape index (κ3) is 4.20. The van der Waals surface area contributed by atoms with E-state index in [0.29, 0.717) is 0 Å². The van der Waals surface area contributed by atoms with E-state index in [1.54, 1.807) is 0 Å². The third-order valence-electron chi connectivity index (χ3n) is 3.49. The second-order valence-corrected chi connectivity index (χ2v) is 6.65. The minimum absolute atomic E-state index is 0.255. The fourth-order valence-corrected chi connectivity index (χ4v) is 3.05. The van der Waals surface area contributed by atoms with Crippen molar-refractivity contribution in [2.75, 3.05) is 6.54 Å². The van der Waals surface area contributed by atoms with Crippen molar-refractivity contribution >= 4 is 34.2 Å². The van der Waals surface area contributed by atoms with Gasteiger partial charge in [0.15, 0.2) is 0 Å². The number of nitrogens with zero attached hydrogens (tertiary/aromatic N) is 2. The molecule has 1 atom stereocenters. The molecule has 5 heteroatoms. The van der Waals surface area contributed by atoms with Gasteiger partial charge in [-0.2, -0.15) is 5.10 Å². The Morgan fingerprint density at radius 3 is 2.71 bits per heavy atom. The van der Waals surface area contributed by atoms with Crippen molar-refractivity contribution in [2.45, 2.75) is 39.8 Å². The highest BCUT2D eigenvalue weighted by Crippen LogP contribution is 2.25. The van der Waals surface area contributed by atoms with E-state index < -0.39 is 0 Å². The first kappa shape index (κ1) is 16.8. The summed E-state index contributed by atoms with van der Waals surface area (Å²) in [6.07, 6.45) is 0.916. The Kier molecular flexibility index (Phi) is 6.08. The zero-order chi connectivity index (χ0) is 15.4. The predicted octanol–water partition coefficient (Wildman–Crippen LogP) is 4.36. The predicted molar refractivity (Wildman–Crippen MR) is 96.9 cm³/mol. The first-order chi connectivity index (χ1) is 10.0. The van der Waals surface area contributed by atoms with Gasteiger partial charge in [0.05, 0.1) is 10.7 Å². The molecule has 0 spiro atoms. The molecule has 0 aliphatic heterocycles. The number of nitrogens with one attached hydrogen (secondary N) is 1. The van der Waals surface area contributed by atoms with Gasteiger partial charge in [0.2, 0.25) is 0 Å². The molecule has 0 bridgehead atoms. The van der Waals surface area contributed by atoms with Crippen LogP contribution in [0.4, 0.5) is 0 Å². The fraction of sp³-hybridized carbons (Fsp3) is 0.438. The van der Waals surface area contributed by atoms with Gasteiger partial charge in [-0.3, -0.25) is 4.68 Å². The minimum Gasteiger partial charge on any atom is -0.310 e. The number of likely N-dealkylation sites (N-methyl/N-ethyl adjacent to an activating group) is 1. The highest BCUT2D eigenvalue weighted by Gasteiger charge is 2.15. The molecule has 0 amide bonds. The molecule has 1 N–H and O–H groups in total. The van der Waals surface area contributed by atoms with Crippen LogP contribution in [0, 0.1) is 10.5 Å². The van der Waals surface area contributed by atoms with Crippen LogP contribution in [0.15, 0.2) is 24.3 Å². The Bertz CT molecular complexity index is 610. The van der Waals surface area contributed by atoms with Gasteiger partial charge in [-0.05, 0) is 66.7 Å². The van der Waals surface area contributed by atoms with Crippen molar-refractivity contribution in [3.05, 3.63) is 49.8 Å². The summed E-state index contributed by atoms with van der Waals surface area (Å²) >= 11 is 8.53. The zero-order valence-corrected chi connectivity index (χ0v) is 15.6. The first-order valence-electron chi connectivity index (χ1n) is 7.26. The minimum atomic E-state index is 0.255. The van der Waals surface area contributed by atoms with Crippen molar-refractivity contribution < 1.29 is 0 Å². The lowest BCUT2D eigenvalue weighted by Crippen LogP contribution is -2.24. The Hall–Kier alpha value is -0.590. The molecule has 1 aromatic heterocycles. The first-order valence-corrected chi connectivity index (χ1v) is 8.72. The van der Waals surface area contributed by atoms with Gasteiger partial charge in [-0.15, -0.1) is 0 Å². The van der Waals surface area contributed by atoms with E-state index in [9.17, 15) is 0 Å². The third-order valence-corrected chi connectivity index (χ3v) is 5.07. The number of aromatic nitrogens is 2. The van der Waals surface area contributed by atoms with Crippen LogP contribution < -0.4 is 5.32 Å². The molecule has 2 aromatic rings. The Morgan fingerprint density at radius 1 is 1.33 bits per heavy atom. The van der Waals surface area contributed by atoms with Gasteiger partial charge in [-0.1, -0.05) is 24.6 Å². The molecule has 1 aromatic carbocycles. The molecular formula is C16H21ClIN3. The van der Waals surface area contributed by atoms with E-state index in [1.165, 1.54) is 11.3 Å². The van der Waals surface area contributed by atoms with Crippen LogP contribution >= 0.6 is 34.2 Å². The molecule has 0 fully saturated rings. The lowest BCUT2D eigenvalue weighted by atomic mass is 10.0. The van der Waals surface area contributed by atoms with Gasteiger partial charge in [0.1, 0.15) is 0 Å². The van der Waals surface area contributed by atoms with Crippen LogP contribution in [0.25, 0.3) is 0 Å². The smallest absolute Gasteiger partial charge is 0.0596 e. The highest BCUT2D eigenvalue weighted by atomic mass is 127. The molecule has 3 nitrogen and oxygen atoms in total. The number of benzene rings is 1. The van der Waals surface area contributed by atoms with Gasteiger partial charge >= 0.3 is 0 Å². The van der Waals surface area contributed by atoms with Gasteiger partial charge in [0, 0.05) is 28.3 Å². The molecule has 0 radical (unpaired) electrons. The van der Waals surface area contributed by atoms with Crippen LogP contribution in [-0.2, 0) is 13.0 Å². The Labute approximate surface area is 145 Å². The van der Waals surface area contributed by atoms with E-state index in [0.717, 1.165) is 33.8 Å². The molecule has 114 valence electrons. The monoisotopic (exact) mass is 417 g/mol. The van der Waals surface area contributed by atoms with Crippen LogP contribution in [0.2, 0.25) is 5.02 Å². The average Bonchev–Trinajstić information content (AvgIpc) is 2.81. The molecule has 2 rings (SSSR count). The molecule has 1 heterocycles. The normalized spacial score (nSPS) is 12.6. The molecule has 0 aliphatic rings. The van der Waals surface area contributed by atoms with Crippen molar-refractivity contribution in [2.24, 2.45) is 0 Å². The highest BCUT2D eigenvalue weighted by molar-refractivity contribution is 14.1. The molecule has 0 saturated heterocycles. The molecule has 0 saturated carbocycles. The SMILES string of the molecule is CCNC(Cc1cc(C)nn1CC)c1ccc(I)c(Cl)c1. The van der Waals surface area contributed by atoms with Gasteiger partial charge in [0.25, 0.3) is 0 Å². The van der Waals surface area contributed by atoms with Crippen molar-refractivity contribution in [1.29, 1.82) is 0 Å². The average molecular weight is 418 g/mol. The second kappa shape index (κ2) is 7.61. The quantitative estimate of drug-likeness (QED) is 0.708. The summed E-state index contributed by atoms with van der Waals surface area (Å²) in [6, 6.07) is 8.72. The standard InChI is InChI=1S/C16H21ClIN3/c1-4-19-16(12-6-7-15(18)14(17)9-12)10-13-8-11(3)20-21(13)5-2/h6-9,16,19H,4-5,10H2,1-3H3. The molecule has 1 unspecified atom stereocenters. The number of hydrogen-bond donors (Lipinski definition) is 1. The number of halogens is 2. The summed E-state index contributed by atoms with van der Waals surface area (Å²) in [5.74, 6) is 0. The summed E-state index contributed by atoms with van der Waals surface area (Å²) in [6.45, 7) is 8.12. The summed E-state index contributed by atoms with van der Waals surface area (Å²) in [5, 5.41) is 8.90. The topological polar surface area (TPSA) is 29.9 Å².